The zero-order valence-electron chi connectivity index (χ0n) is 11.8. The van der Waals surface area contributed by atoms with Crippen LogP contribution in [0.3, 0.4) is 0 Å². The van der Waals surface area contributed by atoms with Gasteiger partial charge in [-0.3, -0.25) is 4.79 Å². The molecular formula is C15H22N2O3. The molecule has 1 rings (SSSR count). The number of hydrogen-bond donors (Lipinski definition) is 2. The van der Waals surface area contributed by atoms with E-state index in [1.165, 1.54) is 6.08 Å². The lowest BCUT2D eigenvalue weighted by molar-refractivity contribution is -0.116. The van der Waals surface area contributed by atoms with Crippen LogP contribution in [0.15, 0.2) is 30.3 Å². The standard InChI is InChI=1S/C15H22N2O3/c1-2-20-14-6-3-13(4-7-14)5-8-15(18)17-10-12-19-11-9-16/h3-8H,2,9-12,16H2,1H3,(H,17,18)/b8-5+. The Morgan fingerprint density at radius 2 is 2.05 bits per heavy atom. The van der Waals surface area contributed by atoms with Crippen molar-refractivity contribution in [3.8, 4) is 5.75 Å². The van der Waals surface area contributed by atoms with Crippen molar-refractivity contribution in [2.75, 3.05) is 32.9 Å². The van der Waals surface area contributed by atoms with Gasteiger partial charge in [0.25, 0.3) is 0 Å². The van der Waals surface area contributed by atoms with Crippen LogP contribution in [0.2, 0.25) is 0 Å². The monoisotopic (exact) mass is 278 g/mol. The maximum atomic E-state index is 11.5. The summed E-state index contributed by atoms with van der Waals surface area (Å²) in [6.45, 7) is 4.54. The third-order valence-electron chi connectivity index (χ3n) is 2.43. The lowest BCUT2D eigenvalue weighted by Crippen LogP contribution is -2.26. The van der Waals surface area contributed by atoms with Gasteiger partial charge < -0.3 is 20.5 Å². The van der Waals surface area contributed by atoms with Crippen LogP contribution >= 0.6 is 0 Å². The predicted molar refractivity (Wildman–Crippen MR) is 79.5 cm³/mol. The summed E-state index contributed by atoms with van der Waals surface area (Å²) in [5, 5.41) is 2.73. The number of rotatable bonds is 9. The highest BCUT2D eigenvalue weighted by atomic mass is 16.5. The molecule has 1 aromatic carbocycles. The molecule has 5 heteroatoms. The Kier molecular flexibility index (Phi) is 8.10. The summed E-state index contributed by atoms with van der Waals surface area (Å²) in [4.78, 5) is 11.5. The van der Waals surface area contributed by atoms with E-state index in [1.54, 1.807) is 6.08 Å². The van der Waals surface area contributed by atoms with Gasteiger partial charge in [-0.15, -0.1) is 0 Å². The van der Waals surface area contributed by atoms with E-state index >= 15 is 0 Å². The molecular weight excluding hydrogens is 256 g/mol. The zero-order valence-corrected chi connectivity index (χ0v) is 11.8. The van der Waals surface area contributed by atoms with E-state index in [2.05, 4.69) is 5.32 Å². The summed E-state index contributed by atoms with van der Waals surface area (Å²) in [7, 11) is 0. The third kappa shape index (κ3) is 6.92. The first-order valence-corrected chi connectivity index (χ1v) is 6.73. The highest BCUT2D eigenvalue weighted by Gasteiger charge is 1.95. The van der Waals surface area contributed by atoms with Crippen molar-refractivity contribution in [3.63, 3.8) is 0 Å². The molecule has 0 unspecified atom stereocenters. The number of amides is 1. The minimum absolute atomic E-state index is 0.143. The zero-order chi connectivity index (χ0) is 14.6. The number of carbonyl (C=O) groups excluding carboxylic acids is 1. The van der Waals surface area contributed by atoms with Crippen LogP contribution < -0.4 is 15.8 Å². The highest BCUT2D eigenvalue weighted by molar-refractivity contribution is 5.91. The first-order chi connectivity index (χ1) is 9.76. The number of hydrogen-bond acceptors (Lipinski definition) is 4. The lowest BCUT2D eigenvalue weighted by atomic mass is 10.2. The highest BCUT2D eigenvalue weighted by Crippen LogP contribution is 2.12. The Morgan fingerprint density at radius 3 is 2.70 bits per heavy atom. The second-order valence-corrected chi connectivity index (χ2v) is 4.03. The van der Waals surface area contributed by atoms with E-state index < -0.39 is 0 Å². The molecule has 0 spiro atoms. The topological polar surface area (TPSA) is 73.6 Å². The van der Waals surface area contributed by atoms with Gasteiger partial charge in [0.15, 0.2) is 0 Å². The largest absolute Gasteiger partial charge is 0.494 e. The average molecular weight is 278 g/mol. The Morgan fingerprint density at radius 1 is 1.30 bits per heavy atom. The number of benzene rings is 1. The molecule has 0 radical (unpaired) electrons. The van der Waals surface area contributed by atoms with Gasteiger partial charge in [-0.2, -0.15) is 0 Å². The first-order valence-electron chi connectivity index (χ1n) is 6.73. The average Bonchev–Trinajstić information content (AvgIpc) is 2.47. The first kappa shape index (κ1) is 16.2. The second-order valence-electron chi connectivity index (χ2n) is 4.03. The number of ether oxygens (including phenoxy) is 2. The summed E-state index contributed by atoms with van der Waals surface area (Å²) in [5.74, 6) is 0.682. The fourth-order valence-corrected chi connectivity index (χ4v) is 1.50. The predicted octanol–water partition coefficient (Wildman–Crippen LogP) is 1.19. The maximum absolute atomic E-state index is 11.5. The summed E-state index contributed by atoms with van der Waals surface area (Å²) >= 11 is 0. The molecule has 5 nitrogen and oxygen atoms in total. The molecule has 1 amide bonds. The fraction of sp³-hybridized carbons (Fsp3) is 0.400. The van der Waals surface area contributed by atoms with Crippen LogP contribution in [0.25, 0.3) is 6.08 Å². The van der Waals surface area contributed by atoms with Crippen LogP contribution in [0.5, 0.6) is 5.75 Å². The van der Waals surface area contributed by atoms with E-state index in [4.69, 9.17) is 15.2 Å². The normalized spacial score (nSPS) is 10.7. The molecule has 0 bridgehead atoms. The minimum Gasteiger partial charge on any atom is -0.494 e. The molecule has 20 heavy (non-hydrogen) atoms. The summed E-state index contributed by atoms with van der Waals surface area (Å²) < 4.78 is 10.5. The Hall–Kier alpha value is -1.85. The SMILES string of the molecule is CCOc1ccc(/C=C/C(=O)NCCOCCN)cc1. The van der Waals surface area contributed by atoms with Gasteiger partial charge in [-0.1, -0.05) is 12.1 Å². The van der Waals surface area contributed by atoms with E-state index in [-0.39, 0.29) is 5.91 Å². The maximum Gasteiger partial charge on any atom is 0.244 e. The van der Waals surface area contributed by atoms with E-state index in [9.17, 15) is 4.79 Å². The Bertz CT molecular complexity index is 416. The molecule has 1 aromatic rings. The van der Waals surface area contributed by atoms with E-state index in [0.717, 1.165) is 11.3 Å². The molecule has 3 N–H and O–H groups in total. The van der Waals surface area contributed by atoms with Crippen LogP contribution in [0, 0.1) is 0 Å². The summed E-state index contributed by atoms with van der Waals surface area (Å²) in [6.07, 6.45) is 3.25. The van der Waals surface area contributed by atoms with Crippen LogP contribution in [0.1, 0.15) is 12.5 Å². The van der Waals surface area contributed by atoms with Gasteiger partial charge in [0.1, 0.15) is 5.75 Å². The molecule has 0 saturated heterocycles. The van der Waals surface area contributed by atoms with E-state index in [1.807, 2.05) is 31.2 Å². The molecule has 0 aliphatic rings. The van der Waals surface area contributed by atoms with Gasteiger partial charge in [-0.05, 0) is 30.7 Å². The van der Waals surface area contributed by atoms with Gasteiger partial charge in [0, 0.05) is 19.2 Å². The smallest absolute Gasteiger partial charge is 0.244 e. The van der Waals surface area contributed by atoms with Gasteiger partial charge in [-0.25, -0.2) is 0 Å². The van der Waals surface area contributed by atoms with Crippen LogP contribution in [0.4, 0.5) is 0 Å². The van der Waals surface area contributed by atoms with E-state index in [0.29, 0.717) is 32.9 Å². The van der Waals surface area contributed by atoms with Crippen molar-refractivity contribution in [2.45, 2.75) is 6.92 Å². The molecule has 0 atom stereocenters. The quantitative estimate of drug-likeness (QED) is 0.525. The minimum atomic E-state index is -0.143. The number of nitrogens with two attached hydrogens (primary N) is 1. The number of nitrogens with one attached hydrogen (secondary N) is 1. The Balaban J connectivity index is 2.29. The van der Waals surface area contributed by atoms with Crippen molar-refractivity contribution >= 4 is 12.0 Å². The van der Waals surface area contributed by atoms with Gasteiger partial charge in [0.05, 0.1) is 19.8 Å². The lowest BCUT2D eigenvalue weighted by Gasteiger charge is -2.03. The van der Waals surface area contributed by atoms with Crippen molar-refractivity contribution in [3.05, 3.63) is 35.9 Å². The second kappa shape index (κ2) is 10.00. The molecule has 0 aliphatic carbocycles. The summed E-state index contributed by atoms with van der Waals surface area (Å²) in [6, 6.07) is 7.56. The number of carbonyl (C=O) groups is 1. The molecule has 0 fully saturated rings. The van der Waals surface area contributed by atoms with Crippen LogP contribution in [-0.4, -0.2) is 38.8 Å². The van der Waals surface area contributed by atoms with Gasteiger partial charge >= 0.3 is 0 Å². The molecule has 0 aromatic heterocycles. The molecule has 0 aliphatic heterocycles. The summed E-state index contributed by atoms with van der Waals surface area (Å²) in [5.41, 5.74) is 6.23. The molecule has 0 saturated carbocycles. The van der Waals surface area contributed by atoms with Crippen molar-refractivity contribution < 1.29 is 14.3 Å². The van der Waals surface area contributed by atoms with Gasteiger partial charge in [0.2, 0.25) is 5.91 Å². The Labute approximate surface area is 119 Å². The molecule has 110 valence electrons. The third-order valence-corrected chi connectivity index (χ3v) is 2.43. The van der Waals surface area contributed by atoms with Crippen LogP contribution in [-0.2, 0) is 9.53 Å². The van der Waals surface area contributed by atoms with Crippen molar-refractivity contribution in [2.24, 2.45) is 5.73 Å². The molecule has 0 heterocycles. The fourth-order valence-electron chi connectivity index (χ4n) is 1.50. The van der Waals surface area contributed by atoms with Crippen molar-refractivity contribution in [1.82, 2.24) is 5.32 Å². The van der Waals surface area contributed by atoms with Crippen molar-refractivity contribution in [1.29, 1.82) is 0 Å².